The highest BCUT2D eigenvalue weighted by Gasteiger charge is 2.21. The monoisotopic (exact) mass is 419 g/mol. The van der Waals surface area contributed by atoms with E-state index in [0.717, 1.165) is 0 Å². The molecule has 2 rings (SSSR count). The summed E-state index contributed by atoms with van der Waals surface area (Å²) in [5, 5.41) is 5.28. The van der Waals surface area contributed by atoms with Gasteiger partial charge in [0.15, 0.2) is 6.61 Å². The number of para-hydroxylation sites is 2. The lowest BCUT2D eigenvalue weighted by Crippen LogP contribution is -2.30. The molecule has 2 N–H and O–H groups in total. The Morgan fingerprint density at radius 1 is 0.966 bits per heavy atom. The van der Waals surface area contributed by atoms with Crippen LogP contribution in [0.4, 0.5) is 11.4 Å². The van der Waals surface area contributed by atoms with E-state index in [9.17, 15) is 18.0 Å². The van der Waals surface area contributed by atoms with E-state index in [2.05, 4.69) is 10.6 Å². The first-order chi connectivity index (χ1) is 13.8. The second kappa shape index (κ2) is 10.0. The fraction of sp³-hybridized carbons (Fsp3) is 0.300. The second-order valence-electron chi connectivity index (χ2n) is 6.13. The Hall–Kier alpha value is -2.91. The zero-order chi connectivity index (χ0) is 21.4. The summed E-state index contributed by atoms with van der Waals surface area (Å²) in [6.45, 7) is 5.44. The summed E-state index contributed by atoms with van der Waals surface area (Å²) in [4.78, 5) is 23.5. The summed E-state index contributed by atoms with van der Waals surface area (Å²) in [7, 11) is -3.55. The molecule has 156 valence electrons. The third-order valence-electron chi connectivity index (χ3n) is 4.04. The minimum atomic E-state index is -3.55. The molecule has 0 spiro atoms. The molecule has 2 aromatic rings. The Labute approximate surface area is 170 Å². The van der Waals surface area contributed by atoms with Crippen molar-refractivity contribution < 1.29 is 22.7 Å². The number of anilines is 2. The first-order valence-electron chi connectivity index (χ1n) is 9.17. The maximum absolute atomic E-state index is 12.5. The van der Waals surface area contributed by atoms with Crippen LogP contribution in [0.25, 0.3) is 0 Å². The van der Waals surface area contributed by atoms with Gasteiger partial charge in [-0.15, -0.1) is 0 Å². The third-order valence-corrected chi connectivity index (χ3v) is 6.10. The van der Waals surface area contributed by atoms with Crippen molar-refractivity contribution >= 4 is 33.2 Å². The van der Waals surface area contributed by atoms with E-state index in [4.69, 9.17) is 4.74 Å². The smallest absolute Gasteiger partial charge is 0.262 e. The molecular formula is C20H25N3O5S. The number of ether oxygens (including phenoxy) is 1. The van der Waals surface area contributed by atoms with Crippen LogP contribution in [0.15, 0.2) is 53.4 Å². The number of sulfonamides is 1. The highest BCUT2D eigenvalue weighted by molar-refractivity contribution is 7.89. The number of amides is 2. The second-order valence-corrected chi connectivity index (χ2v) is 8.07. The van der Waals surface area contributed by atoms with E-state index >= 15 is 0 Å². The Balaban J connectivity index is 1.99. The molecule has 0 aliphatic heterocycles. The number of benzene rings is 2. The number of hydrogen-bond acceptors (Lipinski definition) is 5. The Bertz CT molecular complexity index is 954. The van der Waals surface area contributed by atoms with Crippen LogP contribution in [-0.2, 0) is 19.6 Å². The average molecular weight is 420 g/mol. The number of nitrogens with one attached hydrogen (secondary N) is 2. The van der Waals surface area contributed by atoms with E-state index in [-0.39, 0.29) is 17.4 Å². The van der Waals surface area contributed by atoms with Gasteiger partial charge in [0.1, 0.15) is 5.75 Å². The van der Waals surface area contributed by atoms with Gasteiger partial charge in [0, 0.05) is 25.7 Å². The van der Waals surface area contributed by atoms with Gasteiger partial charge in [-0.05, 0) is 36.4 Å². The molecule has 0 fully saturated rings. The van der Waals surface area contributed by atoms with Gasteiger partial charge >= 0.3 is 0 Å². The average Bonchev–Trinajstić information content (AvgIpc) is 2.68. The number of rotatable bonds is 9. The lowest BCUT2D eigenvalue weighted by atomic mass is 10.3. The largest absolute Gasteiger partial charge is 0.482 e. The summed E-state index contributed by atoms with van der Waals surface area (Å²) >= 11 is 0. The molecule has 2 amide bonds. The summed E-state index contributed by atoms with van der Waals surface area (Å²) in [5.74, 6) is -0.286. The zero-order valence-electron chi connectivity index (χ0n) is 16.6. The van der Waals surface area contributed by atoms with Gasteiger partial charge < -0.3 is 15.4 Å². The van der Waals surface area contributed by atoms with Gasteiger partial charge in [-0.1, -0.05) is 26.0 Å². The van der Waals surface area contributed by atoms with E-state index in [1.165, 1.54) is 35.5 Å². The molecule has 0 radical (unpaired) electrons. The molecule has 2 aromatic carbocycles. The van der Waals surface area contributed by atoms with Crippen molar-refractivity contribution in [3.8, 4) is 5.75 Å². The zero-order valence-corrected chi connectivity index (χ0v) is 17.5. The lowest BCUT2D eigenvalue weighted by molar-refractivity contribution is -0.118. The van der Waals surface area contributed by atoms with Crippen molar-refractivity contribution in [3.05, 3.63) is 48.5 Å². The summed E-state index contributed by atoms with van der Waals surface area (Å²) in [5.41, 5.74) is 0.922. The fourth-order valence-electron chi connectivity index (χ4n) is 2.65. The van der Waals surface area contributed by atoms with Crippen molar-refractivity contribution in [1.29, 1.82) is 0 Å². The Morgan fingerprint density at radius 3 is 2.17 bits per heavy atom. The number of carbonyl (C=O) groups is 2. The highest BCUT2D eigenvalue weighted by atomic mass is 32.2. The van der Waals surface area contributed by atoms with Gasteiger partial charge in [-0.25, -0.2) is 8.42 Å². The van der Waals surface area contributed by atoms with Gasteiger partial charge in [-0.2, -0.15) is 4.31 Å². The maximum Gasteiger partial charge on any atom is 0.262 e. The topological polar surface area (TPSA) is 105 Å². The lowest BCUT2D eigenvalue weighted by Gasteiger charge is -2.18. The van der Waals surface area contributed by atoms with Gasteiger partial charge in [-0.3, -0.25) is 9.59 Å². The van der Waals surface area contributed by atoms with Crippen LogP contribution in [0.2, 0.25) is 0 Å². The molecule has 0 heterocycles. The highest BCUT2D eigenvalue weighted by Crippen LogP contribution is 2.23. The van der Waals surface area contributed by atoms with Crippen LogP contribution in [0.5, 0.6) is 5.75 Å². The summed E-state index contributed by atoms with van der Waals surface area (Å²) < 4.78 is 31.8. The van der Waals surface area contributed by atoms with Gasteiger partial charge in [0.25, 0.3) is 5.91 Å². The van der Waals surface area contributed by atoms with Gasteiger partial charge in [0.2, 0.25) is 15.9 Å². The number of hydrogen-bond donors (Lipinski definition) is 2. The molecule has 0 bridgehead atoms. The van der Waals surface area contributed by atoms with Crippen molar-refractivity contribution in [2.24, 2.45) is 0 Å². The van der Waals surface area contributed by atoms with Crippen LogP contribution in [0, 0.1) is 0 Å². The quantitative estimate of drug-likeness (QED) is 0.650. The predicted octanol–water partition coefficient (Wildman–Crippen LogP) is 2.69. The predicted molar refractivity (Wildman–Crippen MR) is 111 cm³/mol. The SMILES string of the molecule is CCN(CC)S(=O)(=O)c1ccc(NC(=O)COc2ccccc2NC(C)=O)cc1. The first-order valence-corrected chi connectivity index (χ1v) is 10.6. The third kappa shape index (κ3) is 6.03. The van der Waals surface area contributed by atoms with Crippen LogP contribution < -0.4 is 15.4 Å². The minimum absolute atomic E-state index is 0.166. The standard InChI is InChI=1S/C20H25N3O5S/c1-4-23(5-2)29(26,27)17-12-10-16(11-13-17)22-20(25)14-28-19-9-7-6-8-18(19)21-15(3)24/h6-13H,4-5,14H2,1-3H3,(H,21,24)(H,22,25). The van der Waals surface area contributed by atoms with E-state index < -0.39 is 15.9 Å². The van der Waals surface area contributed by atoms with E-state index in [1.54, 1.807) is 38.1 Å². The van der Waals surface area contributed by atoms with Crippen LogP contribution in [0.3, 0.4) is 0 Å². The molecule has 0 saturated heterocycles. The van der Waals surface area contributed by atoms with Crippen molar-refractivity contribution in [2.45, 2.75) is 25.7 Å². The molecule has 0 aliphatic carbocycles. The summed E-state index contributed by atoms with van der Waals surface area (Å²) in [6.07, 6.45) is 0. The fourth-order valence-corrected chi connectivity index (χ4v) is 4.11. The molecule has 8 nitrogen and oxygen atoms in total. The normalized spacial score (nSPS) is 11.2. The molecule has 0 aliphatic rings. The maximum atomic E-state index is 12.5. The van der Waals surface area contributed by atoms with Crippen LogP contribution in [0.1, 0.15) is 20.8 Å². The Morgan fingerprint density at radius 2 is 1.59 bits per heavy atom. The van der Waals surface area contributed by atoms with Crippen LogP contribution >= 0.6 is 0 Å². The molecule has 9 heteroatoms. The van der Waals surface area contributed by atoms with Crippen molar-refractivity contribution in [2.75, 3.05) is 30.3 Å². The van der Waals surface area contributed by atoms with Gasteiger partial charge in [0.05, 0.1) is 10.6 Å². The number of carbonyl (C=O) groups excluding carboxylic acids is 2. The molecule has 0 aromatic heterocycles. The molecular weight excluding hydrogens is 394 g/mol. The number of nitrogens with zero attached hydrogens (tertiary/aromatic N) is 1. The van der Waals surface area contributed by atoms with E-state index in [1.807, 2.05) is 0 Å². The molecule has 0 saturated carbocycles. The molecule has 29 heavy (non-hydrogen) atoms. The Kier molecular flexibility index (Phi) is 7.74. The summed E-state index contributed by atoms with van der Waals surface area (Å²) in [6, 6.07) is 12.8. The van der Waals surface area contributed by atoms with Crippen molar-refractivity contribution in [3.63, 3.8) is 0 Å². The van der Waals surface area contributed by atoms with Crippen LogP contribution in [-0.4, -0.2) is 44.2 Å². The van der Waals surface area contributed by atoms with E-state index in [0.29, 0.717) is 30.2 Å². The molecule has 0 unspecified atom stereocenters. The minimum Gasteiger partial charge on any atom is -0.482 e. The molecule has 0 atom stereocenters. The van der Waals surface area contributed by atoms with Crippen molar-refractivity contribution in [1.82, 2.24) is 4.31 Å². The first kappa shape index (κ1) is 22.4.